The molecule has 0 saturated carbocycles. The van der Waals surface area contributed by atoms with Crippen LogP contribution in [0.5, 0.6) is 0 Å². The molecule has 0 atom stereocenters. The Labute approximate surface area is 411 Å². The molecule has 71 heavy (non-hydrogen) atoms. The molecule has 3 nitrogen and oxygen atoms in total. The Hall–Kier alpha value is -9.62. The van der Waals surface area contributed by atoms with Gasteiger partial charge in [0.15, 0.2) is 0 Å². The molecule has 0 aliphatic heterocycles. The normalized spacial score (nSPS) is 11.5. The van der Waals surface area contributed by atoms with Crippen molar-refractivity contribution in [2.24, 2.45) is 0 Å². The van der Waals surface area contributed by atoms with Gasteiger partial charge in [-0.1, -0.05) is 194 Å². The number of hydrogen-bond acceptors (Lipinski definition) is 2. The van der Waals surface area contributed by atoms with E-state index in [9.17, 15) is 0 Å². The van der Waals surface area contributed by atoms with Crippen LogP contribution in [0.25, 0.3) is 115 Å². The van der Waals surface area contributed by atoms with Gasteiger partial charge in [-0.05, 0) is 117 Å². The average molecular weight is 903 g/mol. The maximum absolute atomic E-state index is 6.68. The van der Waals surface area contributed by atoms with Crippen molar-refractivity contribution < 1.29 is 4.42 Å². The summed E-state index contributed by atoms with van der Waals surface area (Å²) in [5.74, 6) is 0. The van der Waals surface area contributed by atoms with Crippen molar-refractivity contribution in [1.29, 1.82) is 0 Å². The second kappa shape index (κ2) is 16.6. The molecule has 0 bridgehead atoms. The van der Waals surface area contributed by atoms with E-state index in [0.717, 1.165) is 83.6 Å². The van der Waals surface area contributed by atoms with E-state index in [1.165, 1.54) is 48.9 Å². The first-order valence-corrected chi connectivity index (χ1v) is 24.2. The number of rotatable bonds is 8. The molecule has 0 radical (unpaired) electrons. The van der Waals surface area contributed by atoms with Gasteiger partial charge in [0.2, 0.25) is 0 Å². The minimum atomic E-state index is 0.874. The summed E-state index contributed by atoms with van der Waals surface area (Å²) in [4.78, 5) is 2.39. The quantitative estimate of drug-likeness (QED) is 0.142. The van der Waals surface area contributed by atoms with E-state index < -0.39 is 0 Å². The lowest BCUT2D eigenvalue weighted by Crippen LogP contribution is -2.11. The standard InChI is InChI=1S/C68H42N2O/c1-2-23-52-49(18-1)44-62(55-26-4-3-25-54(52)55)48-21-16-22-51(43-48)69(64-34-11-8-29-58(64)60-31-17-32-61-59-30-9-14-37-67(59)71-68(60)61)50-40-38-45(39-41-50)46-19-15-20-47(42-46)53-24-5-10-33-63(53)70-65-35-12-6-27-56(65)57-28-7-13-36-66(57)70/h1-14,16-18,20-44H. The van der Waals surface area contributed by atoms with Gasteiger partial charge in [-0.15, -0.1) is 0 Å². The maximum atomic E-state index is 6.68. The van der Waals surface area contributed by atoms with Gasteiger partial charge >= 0.3 is 0 Å². The van der Waals surface area contributed by atoms with E-state index in [4.69, 9.17) is 4.42 Å². The lowest BCUT2D eigenvalue weighted by atomic mass is 9.93. The highest BCUT2D eigenvalue weighted by Gasteiger charge is 2.22. The third-order valence-corrected chi connectivity index (χ3v) is 14.2. The van der Waals surface area contributed by atoms with E-state index in [-0.39, 0.29) is 0 Å². The summed E-state index contributed by atoms with van der Waals surface area (Å²) in [5, 5.41) is 9.63. The number of anilines is 3. The summed E-state index contributed by atoms with van der Waals surface area (Å²) >= 11 is 0. The molecule has 0 N–H and O–H groups in total. The van der Waals surface area contributed by atoms with Crippen molar-refractivity contribution >= 4 is 82.4 Å². The SMILES string of the molecule is c1cc(-c2ccccc2-n2c3ccccc3c3ccccc32)cc(-c2ccc(N(c3cccc(-c4cc5ccccc5c5ccccc45)c3)c3ccccc3-c3cccc4c3oc3ccccc34)cc2)c#1. The van der Waals surface area contributed by atoms with Gasteiger partial charge in [0.1, 0.15) is 11.2 Å². The summed E-state index contributed by atoms with van der Waals surface area (Å²) in [5.41, 5.74) is 17.0. The zero-order valence-electron chi connectivity index (χ0n) is 38.6. The molecule has 12 aromatic carbocycles. The highest BCUT2D eigenvalue weighted by Crippen LogP contribution is 2.46. The first-order valence-electron chi connectivity index (χ1n) is 24.2. The zero-order chi connectivity index (χ0) is 46.8. The first kappa shape index (κ1) is 40.4. The molecule has 14 rings (SSSR count). The van der Waals surface area contributed by atoms with Crippen LogP contribution < -0.4 is 4.90 Å². The number of aromatic nitrogens is 1. The van der Waals surface area contributed by atoms with E-state index in [1.807, 2.05) is 6.07 Å². The monoisotopic (exact) mass is 902 g/mol. The van der Waals surface area contributed by atoms with Gasteiger partial charge in [0.25, 0.3) is 0 Å². The predicted molar refractivity (Wildman–Crippen MR) is 297 cm³/mol. The van der Waals surface area contributed by atoms with Crippen molar-refractivity contribution in [2.45, 2.75) is 0 Å². The Morgan fingerprint density at radius 2 is 0.986 bits per heavy atom. The molecule has 0 saturated heterocycles. The van der Waals surface area contributed by atoms with Crippen LogP contribution in [0.1, 0.15) is 0 Å². The minimum Gasteiger partial charge on any atom is -0.455 e. The van der Waals surface area contributed by atoms with Crippen molar-refractivity contribution in [2.75, 3.05) is 4.90 Å². The highest BCUT2D eigenvalue weighted by molar-refractivity contribution is 6.15. The molecule has 0 aliphatic carbocycles. The average Bonchev–Trinajstić information content (AvgIpc) is 4.00. The van der Waals surface area contributed by atoms with Crippen LogP contribution in [0.2, 0.25) is 0 Å². The molecule has 0 fully saturated rings. The molecule has 2 aromatic heterocycles. The van der Waals surface area contributed by atoms with Gasteiger partial charge in [-0.25, -0.2) is 0 Å². The fraction of sp³-hybridized carbons (Fsp3) is 0. The summed E-state index contributed by atoms with van der Waals surface area (Å²) in [7, 11) is 0. The number of nitrogens with zero attached hydrogens (tertiary/aromatic N) is 2. The first-order chi connectivity index (χ1) is 35.2. The molecule has 0 spiro atoms. The summed E-state index contributed by atoms with van der Waals surface area (Å²) in [6, 6.07) is 98.4. The molecule has 0 aliphatic rings. The van der Waals surface area contributed by atoms with Gasteiger partial charge in [0.05, 0.1) is 22.4 Å². The summed E-state index contributed by atoms with van der Waals surface area (Å²) in [6.45, 7) is 0. The Morgan fingerprint density at radius 3 is 1.80 bits per heavy atom. The number of fused-ring (bicyclic) bond motifs is 9. The van der Waals surface area contributed by atoms with Crippen LogP contribution >= 0.6 is 0 Å². The number of hydrogen-bond donors (Lipinski definition) is 0. The Morgan fingerprint density at radius 1 is 0.366 bits per heavy atom. The van der Waals surface area contributed by atoms with Crippen molar-refractivity contribution in [1.82, 2.24) is 4.57 Å². The zero-order valence-corrected chi connectivity index (χ0v) is 38.6. The Kier molecular flexibility index (Phi) is 9.44. The van der Waals surface area contributed by atoms with Gasteiger partial charge in [-0.2, -0.15) is 0 Å². The maximum Gasteiger partial charge on any atom is 0.143 e. The van der Waals surface area contributed by atoms with E-state index >= 15 is 0 Å². The van der Waals surface area contributed by atoms with Crippen molar-refractivity contribution in [3.63, 3.8) is 0 Å². The van der Waals surface area contributed by atoms with E-state index in [0.29, 0.717) is 0 Å². The fourth-order valence-corrected chi connectivity index (χ4v) is 11.0. The smallest absolute Gasteiger partial charge is 0.143 e. The van der Waals surface area contributed by atoms with Crippen LogP contribution in [-0.4, -0.2) is 4.57 Å². The molecular formula is C68H42N2O. The second-order valence-corrected chi connectivity index (χ2v) is 18.2. The molecule has 330 valence electrons. The third-order valence-electron chi connectivity index (χ3n) is 14.2. The number of furan rings is 1. The van der Waals surface area contributed by atoms with E-state index in [2.05, 4.69) is 270 Å². The topological polar surface area (TPSA) is 21.3 Å². The van der Waals surface area contributed by atoms with Crippen LogP contribution in [0, 0.1) is 12.1 Å². The molecule has 0 amide bonds. The number of benzene rings is 11. The molecule has 14 aromatic rings. The van der Waals surface area contributed by atoms with Gasteiger partial charge < -0.3 is 13.9 Å². The van der Waals surface area contributed by atoms with Crippen LogP contribution in [0.3, 0.4) is 0 Å². The van der Waals surface area contributed by atoms with Crippen LogP contribution in [0.4, 0.5) is 17.1 Å². The fourth-order valence-electron chi connectivity index (χ4n) is 11.0. The lowest BCUT2D eigenvalue weighted by Gasteiger charge is -2.28. The molecule has 3 heteroatoms. The lowest BCUT2D eigenvalue weighted by molar-refractivity contribution is 0.670. The predicted octanol–water partition coefficient (Wildman–Crippen LogP) is 18.7. The minimum absolute atomic E-state index is 0.874. The second-order valence-electron chi connectivity index (χ2n) is 18.2. The molecule has 0 unspecified atom stereocenters. The summed E-state index contributed by atoms with van der Waals surface area (Å²) in [6.07, 6.45) is 0. The van der Waals surface area contributed by atoms with Crippen LogP contribution in [-0.2, 0) is 0 Å². The third kappa shape index (κ3) is 6.69. The Bertz CT molecular complexity index is 4310. The van der Waals surface area contributed by atoms with E-state index in [1.54, 1.807) is 0 Å². The van der Waals surface area contributed by atoms with Crippen molar-refractivity contribution in [3.8, 4) is 50.2 Å². The largest absolute Gasteiger partial charge is 0.455 e. The molecule has 2 heterocycles. The van der Waals surface area contributed by atoms with Crippen LogP contribution in [0.15, 0.2) is 259 Å². The Balaban J connectivity index is 0.911. The number of para-hydroxylation sites is 6. The summed E-state index contributed by atoms with van der Waals surface area (Å²) < 4.78 is 9.08. The molecular weight excluding hydrogens is 861 g/mol. The van der Waals surface area contributed by atoms with Gasteiger partial charge in [-0.3, -0.25) is 0 Å². The highest BCUT2D eigenvalue weighted by atomic mass is 16.3. The van der Waals surface area contributed by atoms with Crippen molar-refractivity contribution in [3.05, 3.63) is 267 Å². The van der Waals surface area contributed by atoms with Gasteiger partial charge in [0, 0.05) is 55.2 Å².